The zero-order chi connectivity index (χ0) is 12.5. The maximum absolute atomic E-state index is 10.9. The fraction of sp³-hybridized carbons (Fsp3) is 0.364. The maximum atomic E-state index is 10.9. The lowest BCUT2D eigenvalue weighted by molar-refractivity contribution is 0.587. The minimum Gasteiger partial charge on any atom is -0.307 e. The van der Waals surface area contributed by atoms with Crippen molar-refractivity contribution < 1.29 is 8.42 Å². The molecule has 0 fully saturated rings. The molecule has 0 radical (unpaired) electrons. The molecule has 0 aliphatic rings. The van der Waals surface area contributed by atoms with E-state index >= 15 is 0 Å². The average Bonchev–Trinajstić information content (AvgIpc) is 2.57. The summed E-state index contributed by atoms with van der Waals surface area (Å²) in [7, 11) is -3.12. The van der Waals surface area contributed by atoms with Crippen molar-refractivity contribution in [3.05, 3.63) is 35.8 Å². The highest BCUT2D eigenvalue weighted by atomic mass is 32.2. The first-order valence-corrected chi connectivity index (χ1v) is 7.22. The van der Waals surface area contributed by atoms with E-state index in [4.69, 9.17) is 0 Å². The van der Waals surface area contributed by atoms with Crippen LogP contribution >= 0.6 is 0 Å². The second kappa shape index (κ2) is 4.46. The van der Waals surface area contributed by atoms with Gasteiger partial charge in [0.15, 0.2) is 0 Å². The summed E-state index contributed by atoms with van der Waals surface area (Å²) in [4.78, 5) is 4.40. The minimum absolute atomic E-state index is 0.377. The molecule has 0 aliphatic carbocycles. The third kappa shape index (κ3) is 3.28. The van der Waals surface area contributed by atoms with Crippen molar-refractivity contribution in [2.75, 3.05) is 12.8 Å². The molecule has 17 heavy (non-hydrogen) atoms. The van der Waals surface area contributed by atoms with Crippen molar-refractivity contribution >= 4 is 15.7 Å². The number of aryl methyl sites for hydroxylation is 1. The van der Waals surface area contributed by atoms with Gasteiger partial charge in [0.05, 0.1) is 11.9 Å². The lowest BCUT2D eigenvalue weighted by Crippen LogP contribution is -2.24. The number of hydrogen-bond acceptors (Lipinski definition) is 3. The summed E-state index contributed by atoms with van der Waals surface area (Å²) in [6.45, 7) is 2.39. The van der Waals surface area contributed by atoms with Gasteiger partial charge in [-0.15, -0.1) is 0 Å². The molecule has 2 rings (SSSR count). The van der Waals surface area contributed by atoms with E-state index in [1.54, 1.807) is 0 Å². The summed E-state index contributed by atoms with van der Waals surface area (Å²) >= 11 is 0. The number of fused-ring (bicyclic) bond motifs is 1. The molecule has 92 valence electrons. The Morgan fingerprint density at radius 3 is 2.82 bits per heavy atom. The fourth-order valence-electron chi connectivity index (χ4n) is 1.64. The summed E-state index contributed by atoms with van der Waals surface area (Å²) < 4.78 is 26.2. The first-order chi connectivity index (χ1) is 7.94. The van der Waals surface area contributed by atoms with Crippen LogP contribution in [0.1, 0.15) is 11.3 Å². The SMILES string of the molecule is Cc1ccc2nc(CCNS(C)(=O)=O)cn2c1. The van der Waals surface area contributed by atoms with Gasteiger partial charge in [-0.25, -0.2) is 18.1 Å². The van der Waals surface area contributed by atoms with Gasteiger partial charge in [0.2, 0.25) is 10.0 Å². The van der Waals surface area contributed by atoms with Crippen molar-refractivity contribution in [2.45, 2.75) is 13.3 Å². The van der Waals surface area contributed by atoms with Crippen LogP contribution in [0.15, 0.2) is 24.5 Å². The Hall–Kier alpha value is -1.40. The topological polar surface area (TPSA) is 63.5 Å². The Balaban J connectivity index is 2.09. The lowest BCUT2D eigenvalue weighted by Gasteiger charge is -1.98. The number of nitrogens with one attached hydrogen (secondary N) is 1. The van der Waals surface area contributed by atoms with E-state index in [1.165, 1.54) is 0 Å². The fourth-order valence-corrected chi connectivity index (χ4v) is 2.11. The van der Waals surface area contributed by atoms with Crippen LogP contribution in [0.4, 0.5) is 0 Å². The molecule has 0 amide bonds. The zero-order valence-corrected chi connectivity index (χ0v) is 10.7. The number of rotatable bonds is 4. The quantitative estimate of drug-likeness (QED) is 0.874. The van der Waals surface area contributed by atoms with E-state index < -0.39 is 10.0 Å². The van der Waals surface area contributed by atoms with Gasteiger partial charge in [0, 0.05) is 25.4 Å². The van der Waals surface area contributed by atoms with Gasteiger partial charge in [0.25, 0.3) is 0 Å². The van der Waals surface area contributed by atoms with Crippen LogP contribution in [0.25, 0.3) is 5.65 Å². The van der Waals surface area contributed by atoms with Gasteiger partial charge >= 0.3 is 0 Å². The zero-order valence-electron chi connectivity index (χ0n) is 9.84. The second-order valence-electron chi connectivity index (χ2n) is 4.12. The molecule has 0 atom stereocenters. The van der Waals surface area contributed by atoms with Crippen LogP contribution in [0.2, 0.25) is 0 Å². The molecule has 2 aromatic rings. The number of nitrogens with zero attached hydrogens (tertiary/aromatic N) is 2. The molecular weight excluding hydrogens is 238 g/mol. The van der Waals surface area contributed by atoms with E-state index in [0.717, 1.165) is 23.2 Å². The molecule has 0 spiro atoms. The average molecular weight is 253 g/mol. The normalized spacial score (nSPS) is 12.1. The van der Waals surface area contributed by atoms with Crippen molar-refractivity contribution in [3.8, 4) is 0 Å². The molecule has 0 saturated heterocycles. The lowest BCUT2D eigenvalue weighted by atomic mass is 10.3. The van der Waals surface area contributed by atoms with Crippen molar-refractivity contribution in [3.63, 3.8) is 0 Å². The first-order valence-electron chi connectivity index (χ1n) is 5.33. The summed E-state index contributed by atoms with van der Waals surface area (Å²) in [5, 5.41) is 0. The standard InChI is InChI=1S/C11H15N3O2S/c1-9-3-4-11-13-10(8-14(11)7-9)5-6-12-17(2,15)16/h3-4,7-8,12H,5-6H2,1-2H3. The van der Waals surface area contributed by atoms with Gasteiger partial charge in [-0.2, -0.15) is 0 Å². The Kier molecular flexibility index (Phi) is 3.17. The van der Waals surface area contributed by atoms with E-state index in [0.29, 0.717) is 13.0 Å². The Labute approximate surface area is 101 Å². The molecule has 2 heterocycles. The van der Waals surface area contributed by atoms with Crippen molar-refractivity contribution in [2.24, 2.45) is 0 Å². The second-order valence-corrected chi connectivity index (χ2v) is 5.95. The molecule has 0 unspecified atom stereocenters. The monoisotopic (exact) mass is 253 g/mol. The van der Waals surface area contributed by atoms with E-state index in [2.05, 4.69) is 9.71 Å². The van der Waals surface area contributed by atoms with Gasteiger partial charge in [0.1, 0.15) is 5.65 Å². The predicted octanol–water partition coefficient (Wildman–Crippen LogP) is 0.734. The molecule has 6 heteroatoms. The molecule has 0 saturated carbocycles. The maximum Gasteiger partial charge on any atom is 0.208 e. The molecule has 0 bridgehead atoms. The number of sulfonamides is 1. The number of aromatic nitrogens is 2. The van der Waals surface area contributed by atoms with Crippen LogP contribution in [0, 0.1) is 6.92 Å². The third-order valence-electron chi connectivity index (χ3n) is 2.39. The van der Waals surface area contributed by atoms with E-state index in [-0.39, 0.29) is 0 Å². The number of imidazole rings is 1. The van der Waals surface area contributed by atoms with Crippen LogP contribution in [0.3, 0.4) is 0 Å². The van der Waals surface area contributed by atoms with Crippen LogP contribution in [-0.4, -0.2) is 30.6 Å². The van der Waals surface area contributed by atoms with Gasteiger partial charge in [-0.05, 0) is 18.6 Å². The Bertz CT molecular complexity index is 631. The molecule has 5 nitrogen and oxygen atoms in total. The van der Waals surface area contributed by atoms with Crippen LogP contribution in [0.5, 0.6) is 0 Å². The molecule has 1 N–H and O–H groups in total. The summed E-state index contributed by atoms with van der Waals surface area (Å²) in [6.07, 6.45) is 5.66. The molecule has 0 aliphatic heterocycles. The predicted molar refractivity (Wildman–Crippen MR) is 66.5 cm³/mol. The van der Waals surface area contributed by atoms with Crippen LogP contribution < -0.4 is 4.72 Å². The number of hydrogen-bond donors (Lipinski definition) is 1. The van der Waals surface area contributed by atoms with Gasteiger partial charge in [-0.1, -0.05) is 6.07 Å². The van der Waals surface area contributed by atoms with E-state index in [9.17, 15) is 8.42 Å². The molecular formula is C11H15N3O2S. The largest absolute Gasteiger partial charge is 0.307 e. The highest BCUT2D eigenvalue weighted by Crippen LogP contribution is 2.07. The molecule has 0 aromatic carbocycles. The molecule has 2 aromatic heterocycles. The van der Waals surface area contributed by atoms with E-state index in [1.807, 2.05) is 35.9 Å². The highest BCUT2D eigenvalue weighted by molar-refractivity contribution is 7.88. The number of pyridine rings is 1. The Morgan fingerprint density at radius 2 is 2.12 bits per heavy atom. The summed E-state index contributed by atoms with van der Waals surface area (Å²) in [6, 6.07) is 3.95. The van der Waals surface area contributed by atoms with Gasteiger partial charge in [-0.3, -0.25) is 0 Å². The van der Waals surface area contributed by atoms with Crippen molar-refractivity contribution in [1.29, 1.82) is 0 Å². The summed E-state index contributed by atoms with van der Waals surface area (Å²) in [5.41, 5.74) is 2.92. The highest BCUT2D eigenvalue weighted by Gasteiger charge is 2.04. The Morgan fingerprint density at radius 1 is 1.35 bits per heavy atom. The third-order valence-corrected chi connectivity index (χ3v) is 3.12. The van der Waals surface area contributed by atoms with Crippen molar-refractivity contribution in [1.82, 2.24) is 14.1 Å². The minimum atomic E-state index is -3.12. The van der Waals surface area contributed by atoms with Gasteiger partial charge < -0.3 is 4.40 Å². The summed E-state index contributed by atoms with van der Waals surface area (Å²) in [5.74, 6) is 0. The smallest absolute Gasteiger partial charge is 0.208 e. The van der Waals surface area contributed by atoms with Crippen LogP contribution in [-0.2, 0) is 16.4 Å². The first kappa shape index (κ1) is 12.1.